The van der Waals surface area contributed by atoms with Gasteiger partial charge in [0.05, 0.1) is 11.2 Å². The second kappa shape index (κ2) is 3.44. The van der Waals surface area contributed by atoms with Crippen LogP contribution in [0.25, 0.3) is 22.4 Å². The minimum atomic E-state index is -0.473. The van der Waals surface area contributed by atoms with Crippen molar-refractivity contribution in [2.45, 2.75) is 0 Å². The van der Waals surface area contributed by atoms with Gasteiger partial charge in [-0.05, 0) is 18.2 Å². The summed E-state index contributed by atoms with van der Waals surface area (Å²) in [6, 6.07) is 7.06. The summed E-state index contributed by atoms with van der Waals surface area (Å²) in [5.74, 6) is -0.266. The van der Waals surface area contributed by atoms with Crippen LogP contribution in [0.3, 0.4) is 0 Å². The number of nitrogens with one attached hydrogen (secondary N) is 1. The van der Waals surface area contributed by atoms with E-state index < -0.39 is 5.76 Å². The quantitative estimate of drug-likeness (QED) is 0.651. The van der Waals surface area contributed by atoms with E-state index in [0.717, 1.165) is 5.56 Å². The minimum absolute atomic E-state index is 0.207. The molecule has 0 fully saturated rings. The predicted molar refractivity (Wildman–Crippen MR) is 62.3 cm³/mol. The fourth-order valence-electron chi connectivity index (χ4n) is 1.64. The number of benzene rings is 1. The van der Waals surface area contributed by atoms with Gasteiger partial charge in [0, 0.05) is 11.8 Å². The molecule has 0 unspecified atom stereocenters. The second-order valence-corrected chi connectivity index (χ2v) is 3.53. The Morgan fingerprint density at radius 3 is 3.00 bits per heavy atom. The number of nitrogens with two attached hydrogens (primary N) is 1. The van der Waals surface area contributed by atoms with E-state index in [1.54, 1.807) is 24.4 Å². The molecule has 1 aromatic carbocycles. The molecule has 2 heterocycles. The number of hydrogen-bond acceptors (Lipinski definition) is 5. The number of fused-ring (bicyclic) bond motifs is 1. The Balaban J connectivity index is 2.20. The third-order valence-corrected chi connectivity index (χ3v) is 2.39. The zero-order valence-corrected chi connectivity index (χ0v) is 8.68. The highest BCUT2D eigenvalue weighted by atomic mass is 16.4. The maximum absolute atomic E-state index is 11.0. The fraction of sp³-hybridized carbons (Fsp3) is 0. The normalized spacial score (nSPS) is 10.8. The lowest BCUT2D eigenvalue weighted by Gasteiger charge is -2.00. The van der Waals surface area contributed by atoms with Crippen molar-refractivity contribution in [3.63, 3.8) is 0 Å². The van der Waals surface area contributed by atoms with Crippen LogP contribution in [0.15, 0.2) is 39.7 Å². The molecule has 0 aliphatic rings. The van der Waals surface area contributed by atoms with E-state index in [4.69, 9.17) is 10.2 Å². The minimum Gasteiger partial charge on any atom is -0.408 e. The van der Waals surface area contributed by atoms with Gasteiger partial charge in [0.15, 0.2) is 5.58 Å². The number of aromatic amines is 1. The number of aromatic nitrogens is 3. The third kappa shape index (κ3) is 1.65. The van der Waals surface area contributed by atoms with E-state index in [0.29, 0.717) is 16.8 Å². The Labute approximate surface area is 95.1 Å². The molecule has 0 radical (unpaired) electrons. The van der Waals surface area contributed by atoms with Gasteiger partial charge in [0.2, 0.25) is 5.95 Å². The largest absolute Gasteiger partial charge is 0.417 e. The summed E-state index contributed by atoms with van der Waals surface area (Å²) in [4.78, 5) is 21.5. The Bertz CT molecular complexity index is 744. The highest BCUT2D eigenvalue weighted by Gasteiger charge is 2.05. The third-order valence-electron chi connectivity index (χ3n) is 2.39. The van der Waals surface area contributed by atoms with Crippen LogP contribution in [0.5, 0.6) is 0 Å². The highest BCUT2D eigenvalue weighted by molar-refractivity contribution is 5.78. The fourth-order valence-corrected chi connectivity index (χ4v) is 1.64. The number of nitrogens with zero attached hydrogens (tertiary/aromatic N) is 2. The smallest absolute Gasteiger partial charge is 0.408 e. The monoisotopic (exact) mass is 228 g/mol. The Hall–Kier alpha value is -2.63. The van der Waals surface area contributed by atoms with Crippen molar-refractivity contribution in [3.8, 4) is 11.3 Å². The Morgan fingerprint density at radius 2 is 2.18 bits per heavy atom. The molecule has 3 aromatic rings. The standard InChI is InChI=1S/C11H8N4O2/c12-10-13-4-3-7(14-10)6-1-2-8-9(5-6)17-11(16)15-8/h1-5H,(H,15,16)(H2,12,13,14). The summed E-state index contributed by atoms with van der Waals surface area (Å²) in [5.41, 5.74) is 8.15. The average Bonchev–Trinajstić information content (AvgIpc) is 2.68. The summed E-state index contributed by atoms with van der Waals surface area (Å²) in [6.07, 6.45) is 1.58. The topological polar surface area (TPSA) is 97.8 Å². The summed E-state index contributed by atoms with van der Waals surface area (Å²) in [5, 5.41) is 0. The molecule has 6 nitrogen and oxygen atoms in total. The lowest BCUT2D eigenvalue weighted by Crippen LogP contribution is -1.94. The van der Waals surface area contributed by atoms with Crippen molar-refractivity contribution >= 4 is 17.0 Å². The molecule has 0 atom stereocenters. The molecule has 0 bridgehead atoms. The molecule has 84 valence electrons. The zero-order valence-electron chi connectivity index (χ0n) is 8.68. The molecule has 0 saturated carbocycles. The zero-order chi connectivity index (χ0) is 11.8. The summed E-state index contributed by atoms with van der Waals surface area (Å²) >= 11 is 0. The van der Waals surface area contributed by atoms with Crippen LogP contribution in [0.1, 0.15) is 0 Å². The van der Waals surface area contributed by atoms with Crippen molar-refractivity contribution in [1.29, 1.82) is 0 Å². The molecule has 0 aliphatic heterocycles. The number of nitrogen functional groups attached to an aromatic ring is 1. The number of anilines is 1. The van der Waals surface area contributed by atoms with Crippen molar-refractivity contribution in [1.82, 2.24) is 15.0 Å². The Morgan fingerprint density at radius 1 is 1.29 bits per heavy atom. The van der Waals surface area contributed by atoms with Gasteiger partial charge in [-0.25, -0.2) is 14.8 Å². The van der Waals surface area contributed by atoms with Crippen molar-refractivity contribution in [2.24, 2.45) is 0 Å². The molecule has 3 rings (SSSR count). The first-order chi connectivity index (χ1) is 8.22. The first-order valence-electron chi connectivity index (χ1n) is 4.94. The number of H-pyrrole nitrogens is 1. The SMILES string of the molecule is Nc1nccc(-c2ccc3[nH]c(=O)oc3c2)n1. The molecule has 3 N–H and O–H groups in total. The van der Waals surface area contributed by atoms with E-state index in [-0.39, 0.29) is 5.95 Å². The Kier molecular flexibility index (Phi) is 1.94. The summed E-state index contributed by atoms with van der Waals surface area (Å²) in [6.45, 7) is 0. The summed E-state index contributed by atoms with van der Waals surface area (Å²) in [7, 11) is 0. The van der Waals surface area contributed by atoms with Crippen LogP contribution in [-0.4, -0.2) is 15.0 Å². The molecule has 0 amide bonds. The van der Waals surface area contributed by atoms with Crippen LogP contribution >= 0.6 is 0 Å². The number of rotatable bonds is 1. The van der Waals surface area contributed by atoms with Gasteiger partial charge in [-0.1, -0.05) is 6.07 Å². The van der Waals surface area contributed by atoms with Gasteiger partial charge in [-0.3, -0.25) is 4.98 Å². The molecular formula is C11H8N4O2. The van der Waals surface area contributed by atoms with E-state index in [9.17, 15) is 4.79 Å². The van der Waals surface area contributed by atoms with Crippen LogP contribution in [0, 0.1) is 0 Å². The highest BCUT2D eigenvalue weighted by Crippen LogP contribution is 2.21. The first-order valence-corrected chi connectivity index (χ1v) is 4.94. The van der Waals surface area contributed by atoms with Crippen molar-refractivity contribution in [3.05, 3.63) is 41.0 Å². The maximum atomic E-state index is 11.0. The lowest BCUT2D eigenvalue weighted by molar-refractivity contribution is 0.555. The van der Waals surface area contributed by atoms with Crippen LogP contribution < -0.4 is 11.5 Å². The molecule has 0 spiro atoms. The second-order valence-electron chi connectivity index (χ2n) is 3.53. The van der Waals surface area contributed by atoms with Gasteiger partial charge >= 0.3 is 5.76 Å². The molecule has 2 aromatic heterocycles. The van der Waals surface area contributed by atoms with Gasteiger partial charge in [-0.15, -0.1) is 0 Å². The molecule has 6 heteroatoms. The molecule has 17 heavy (non-hydrogen) atoms. The van der Waals surface area contributed by atoms with Gasteiger partial charge < -0.3 is 10.2 Å². The molecule has 0 aliphatic carbocycles. The molecule has 0 saturated heterocycles. The van der Waals surface area contributed by atoms with E-state index >= 15 is 0 Å². The van der Waals surface area contributed by atoms with E-state index in [1.807, 2.05) is 6.07 Å². The van der Waals surface area contributed by atoms with E-state index in [1.165, 1.54) is 0 Å². The average molecular weight is 228 g/mol. The number of hydrogen-bond donors (Lipinski definition) is 2. The maximum Gasteiger partial charge on any atom is 0.417 e. The van der Waals surface area contributed by atoms with Gasteiger partial charge in [0.25, 0.3) is 0 Å². The predicted octanol–water partition coefficient (Wildman–Crippen LogP) is 1.16. The molecular weight excluding hydrogens is 220 g/mol. The van der Waals surface area contributed by atoms with Crippen molar-refractivity contribution in [2.75, 3.05) is 5.73 Å². The van der Waals surface area contributed by atoms with Crippen LogP contribution in [0.2, 0.25) is 0 Å². The lowest BCUT2D eigenvalue weighted by atomic mass is 10.1. The van der Waals surface area contributed by atoms with Gasteiger partial charge in [-0.2, -0.15) is 0 Å². The first kappa shape index (κ1) is 9.59. The number of oxazole rings is 1. The van der Waals surface area contributed by atoms with Crippen LogP contribution in [0.4, 0.5) is 5.95 Å². The van der Waals surface area contributed by atoms with Gasteiger partial charge in [0.1, 0.15) is 0 Å². The summed E-state index contributed by atoms with van der Waals surface area (Å²) < 4.78 is 4.97. The van der Waals surface area contributed by atoms with E-state index in [2.05, 4.69) is 15.0 Å². The van der Waals surface area contributed by atoms with Crippen molar-refractivity contribution < 1.29 is 4.42 Å². The van der Waals surface area contributed by atoms with Crippen LogP contribution in [-0.2, 0) is 0 Å².